The molecule has 1 amide bonds. The first-order chi connectivity index (χ1) is 6.27. The predicted octanol–water partition coefficient (Wildman–Crippen LogP) is -0.976. The van der Waals surface area contributed by atoms with Crippen molar-refractivity contribution in [1.29, 1.82) is 0 Å². The Morgan fingerprint density at radius 3 is 3.15 bits per heavy atom. The molecule has 0 aromatic heterocycles. The number of hydrogen-bond acceptors (Lipinski definition) is 4. The minimum absolute atomic E-state index is 0.00569. The Balaban J connectivity index is 2.36. The van der Waals surface area contributed by atoms with Crippen molar-refractivity contribution in [2.75, 3.05) is 20.3 Å². The molecule has 0 saturated carbocycles. The van der Waals surface area contributed by atoms with Crippen LogP contribution in [-0.4, -0.2) is 37.3 Å². The van der Waals surface area contributed by atoms with Gasteiger partial charge in [-0.1, -0.05) is 0 Å². The fourth-order valence-corrected chi connectivity index (χ4v) is 1.39. The van der Waals surface area contributed by atoms with E-state index in [-0.39, 0.29) is 24.5 Å². The van der Waals surface area contributed by atoms with Crippen LogP contribution < -0.4 is 10.8 Å². The molecule has 1 saturated heterocycles. The zero-order valence-corrected chi connectivity index (χ0v) is 7.75. The molecule has 0 aromatic rings. The summed E-state index contributed by atoms with van der Waals surface area (Å²) in [5.41, 5.74) is 2.34. The van der Waals surface area contributed by atoms with Crippen molar-refractivity contribution in [3.63, 3.8) is 0 Å². The van der Waals surface area contributed by atoms with Crippen LogP contribution >= 0.6 is 0 Å². The quantitative estimate of drug-likeness (QED) is 0.530. The lowest BCUT2D eigenvalue weighted by Crippen LogP contribution is -2.41. The van der Waals surface area contributed by atoms with Crippen molar-refractivity contribution in [2.45, 2.75) is 18.9 Å². The molecule has 1 aliphatic heterocycles. The van der Waals surface area contributed by atoms with Gasteiger partial charge in [0.15, 0.2) is 0 Å². The van der Waals surface area contributed by atoms with Gasteiger partial charge in [0, 0.05) is 12.0 Å². The molecule has 0 radical (unpaired) electrons. The molecule has 76 valence electrons. The van der Waals surface area contributed by atoms with Gasteiger partial charge < -0.3 is 10.4 Å². The first-order valence-electron chi connectivity index (χ1n) is 4.47. The van der Waals surface area contributed by atoms with Crippen LogP contribution in [0.15, 0.2) is 0 Å². The summed E-state index contributed by atoms with van der Waals surface area (Å²) >= 11 is 0. The van der Waals surface area contributed by atoms with Crippen LogP contribution in [0.4, 0.5) is 0 Å². The molecule has 1 fully saturated rings. The van der Waals surface area contributed by atoms with E-state index >= 15 is 0 Å². The van der Waals surface area contributed by atoms with Crippen LogP contribution in [0.2, 0.25) is 0 Å². The van der Waals surface area contributed by atoms with Crippen molar-refractivity contribution < 1.29 is 14.7 Å². The molecule has 0 aromatic carbocycles. The van der Waals surface area contributed by atoms with Crippen LogP contribution in [0.3, 0.4) is 0 Å². The average molecular weight is 188 g/mol. The summed E-state index contributed by atoms with van der Waals surface area (Å²) in [5, 5.41) is 11.9. The third kappa shape index (κ3) is 2.95. The lowest BCUT2D eigenvalue weighted by Gasteiger charge is -2.24. The average Bonchev–Trinajstić information content (AvgIpc) is 2.17. The van der Waals surface area contributed by atoms with Crippen LogP contribution in [0.1, 0.15) is 12.8 Å². The van der Waals surface area contributed by atoms with E-state index in [2.05, 4.69) is 10.8 Å². The summed E-state index contributed by atoms with van der Waals surface area (Å²) in [7, 11) is 1.78. The summed E-state index contributed by atoms with van der Waals surface area (Å²) in [6, 6.07) is -0.00569. The first kappa shape index (κ1) is 10.4. The number of aliphatic hydroxyl groups is 1. The number of hydroxylamine groups is 1. The number of likely N-dealkylation sites (N-methyl/N-ethyl adjacent to an activating group) is 1. The van der Waals surface area contributed by atoms with E-state index in [4.69, 9.17) is 9.94 Å². The molecular weight excluding hydrogens is 172 g/mol. The van der Waals surface area contributed by atoms with Crippen molar-refractivity contribution in [3.8, 4) is 0 Å². The molecule has 5 heteroatoms. The van der Waals surface area contributed by atoms with E-state index in [1.807, 2.05) is 0 Å². The normalized spacial score (nSPS) is 25.4. The number of carbonyl (C=O) groups excluding carboxylic acids is 1. The van der Waals surface area contributed by atoms with Crippen LogP contribution in [0, 0.1) is 5.92 Å². The maximum atomic E-state index is 11.2. The number of carbonyl (C=O) groups is 1. The van der Waals surface area contributed by atoms with E-state index in [1.165, 1.54) is 0 Å². The van der Waals surface area contributed by atoms with Gasteiger partial charge in [0.25, 0.3) is 0 Å². The molecule has 3 N–H and O–H groups in total. The van der Waals surface area contributed by atoms with Gasteiger partial charge in [-0.05, 0) is 19.9 Å². The third-order valence-electron chi connectivity index (χ3n) is 2.31. The van der Waals surface area contributed by atoms with Crippen LogP contribution in [-0.2, 0) is 9.63 Å². The molecule has 1 aliphatic rings. The second-order valence-corrected chi connectivity index (χ2v) is 3.20. The highest BCUT2D eigenvalue weighted by Crippen LogP contribution is 2.14. The number of hydrogen-bond donors (Lipinski definition) is 3. The van der Waals surface area contributed by atoms with Crippen LogP contribution in [0.5, 0.6) is 0 Å². The van der Waals surface area contributed by atoms with Crippen molar-refractivity contribution in [1.82, 2.24) is 10.8 Å². The van der Waals surface area contributed by atoms with Gasteiger partial charge in [-0.15, -0.1) is 0 Å². The Bertz CT molecular complexity index is 171. The summed E-state index contributed by atoms with van der Waals surface area (Å²) in [4.78, 5) is 16.0. The molecule has 2 unspecified atom stereocenters. The molecular formula is C8H16N2O3. The lowest BCUT2D eigenvalue weighted by atomic mass is 9.96. The summed E-state index contributed by atoms with van der Waals surface area (Å²) in [5.74, 6) is -0.127. The maximum absolute atomic E-state index is 11.2. The molecule has 5 nitrogen and oxygen atoms in total. The fourth-order valence-electron chi connectivity index (χ4n) is 1.39. The monoisotopic (exact) mass is 188 g/mol. The number of rotatable bonds is 4. The Morgan fingerprint density at radius 2 is 2.62 bits per heavy atom. The molecule has 1 heterocycles. The van der Waals surface area contributed by atoms with Gasteiger partial charge in [0.1, 0.15) is 0 Å². The van der Waals surface area contributed by atoms with Gasteiger partial charge in [0.2, 0.25) is 5.91 Å². The molecule has 0 bridgehead atoms. The standard InChI is InChI=1S/C8H16N2O3/c1-9-7(5-11)4-6-2-3-13-10-8(6)12/h6-7,9,11H,2-5H2,1H3,(H,10,12). The van der Waals surface area contributed by atoms with E-state index in [0.717, 1.165) is 6.42 Å². The molecule has 0 aliphatic carbocycles. The van der Waals surface area contributed by atoms with Gasteiger partial charge in [-0.3, -0.25) is 9.63 Å². The Kier molecular flexibility index (Phi) is 4.14. The highest BCUT2D eigenvalue weighted by molar-refractivity contribution is 5.78. The van der Waals surface area contributed by atoms with Gasteiger partial charge in [0.05, 0.1) is 13.2 Å². The highest BCUT2D eigenvalue weighted by Gasteiger charge is 2.25. The summed E-state index contributed by atoms with van der Waals surface area (Å²) in [6.45, 7) is 0.611. The predicted molar refractivity (Wildman–Crippen MR) is 46.8 cm³/mol. The van der Waals surface area contributed by atoms with E-state index in [1.54, 1.807) is 7.05 Å². The van der Waals surface area contributed by atoms with E-state index < -0.39 is 0 Å². The van der Waals surface area contributed by atoms with Gasteiger partial charge >= 0.3 is 0 Å². The minimum Gasteiger partial charge on any atom is -0.395 e. The lowest BCUT2D eigenvalue weighted by molar-refractivity contribution is -0.146. The van der Waals surface area contributed by atoms with E-state index in [9.17, 15) is 4.79 Å². The smallest absolute Gasteiger partial charge is 0.246 e. The van der Waals surface area contributed by atoms with Crippen molar-refractivity contribution in [3.05, 3.63) is 0 Å². The summed E-state index contributed by atoms with van der Waals surface area (Å²) < 4.78 is 0. The number of aliphatic hydroxyl groups excluding tert-OH is 1. The zero-order valence-electron chi connectivity index (χ0n) is 7.75. The Hall–Kier alpha value is -0.650. The minimum atomic E-state index is -0.0834. The second-order valence-electron chi connectivity index (χ2n) is 3.20. The van der Waals surface area contributed by atoms with Crippen molar-refractivity contribution in [2.24, 2.45) is 5.92 Å². The zero-order chi connectivity index (χ0) is 9.68. The number of nitrogens with one attached hydrogen (secondary N) is 2. The third-order valence-corrected chi connectivity index (χ3v) is 2.31. The Labute approximate surface area is 77.4 Å². The van der Waals surface area contributed by atoms with Crippen molar-refractivity contribution >= 4 is 5.91 Å². The van der Waals surface area contributed by atoms with Crippen LogP contribution in [0.25, 0.3) is 0 Å². The van der Waals surface area contributed by atoms with E-state index in [0.29, 0.717) is 13.0 Å². The van der Waals surface area contributed by atoms with Gasteiger partial charge in [-0.25, -0.2) is 5.48 Å². The first-order valence-corrected chi connectivity index (χ1v) is 4.47. The SMILES string of the molecule is CNC(CO)CC1CCONC1=O. The molecule has 2 atom stereocenters. The molecule has 1 rings (SSSR count). The molecule has 0 spiro atoms. The number of amides is 1. The second kappa shape index (κ2) is 5.16. The van der Waals surface area contributed by atoms with Gasteiger partial charge in [-0.2, -0.15) is 0 Å². The topological polar surface area (TPSA) is 70.6 Å². The summed E-state index contributed by atoms with van der Waals surface area (Å²) in [6.07, 6.45) is 1.38. The molecule has 13 heavy (non-hydrogen) atoms. The largest absolute Gasteiger partial charge is 0.395 e. The fraction of sp³-hybridized carbons (Fsp3) is 0.875. The Morgan fingerprint density at radius 1 is 1.85 bits per heavy atom. The highest BCUT2D eigenvalue weighted by atomic mass is 16.7. The maximum Gasteiger partial charge on any atom is 0.246 e.